The summed E-state index contributed by atoms with van der Waals surface area (Å²) in [7, 11) is 0. The van der Waals surface area contributed by atoms with Crippen LogP contribution in [0.4, 0.5) is 22.0 Å². The van der Waals surface area contributed by atoms with Crippen molar-refractivity contribution in [2.24, 2.45) is 0 Å². The maximum atomic E-state index is 14.6. The number of alkyl halides is 3. The van der Waals surface area contributed by atoms with Gasteiger partial charge in [-0.05, 0) is 59.2 Å². The summed E-state index contributed by atoms with van der Waals surface area (Å²) in [4.78, 5) is 4.38. The predicted molar refractivity (Wildman–Crippen MR) is 126 cm³/mol. The molecule has 0 aliphatic heterocycles. The van der Waals surface area contributed by atoms with Crippen molar-refractivity contribution in [1.29, 1.82) is 0 Å². The third-order valence-corrected chi connectivity index (χ3v) is 6.02. The van der Waals surface area contributed by atoms with E-state index < -0.39 is 34.7 Å². The van der Waals surface area contributed by atoms with Crippen LogP contribution in [-0.4, -0.2) is 10.1 Å². The Morgan fingerprint density at radius 3 is 2.19 bits per heavy atom. The molecule has 3 nitrogen and oxygen atoms in total. The van der Waals surface area contributed by atoms with Gasteiger partial charge >= 0.3 is 6.18 Å². The van der Waals surface area contributed by atoms with Crippen LogP contribution in [0.5, 0.6) is 5.75 Å². The fourth-order valence-electron chi connectivity index (χ4n) is 4.05. The molecule has 0 fully saturated rings. The molecule has 1 aromatic heterocycles. The second-order valence-electron chi connectivity index (χ2n) is 8.30. The second-order valence-corrected chi connectivity index (χ2v) is 8.73. The Hall–Kier alpha value is -3.49. The molecule has 0 saturated heterocycles. The maximum absolute atomic E-state index is 14.6. The summed E-state index contributed by atoms with van der Waals surface area (Å²) < 4.78 is 69.2. The van der Waals surface area contributed by atoms with E-state index in [4.69, 9.17) is 11.6 Å². The molecule has 1 heterocycles. The summed E-state index contributed by atoms with van der Waals surface area (Å²) in [5.74, 6) is -2.45. The number of hydrogen-bond donors (Lipinski definition) is 2. The zero-order chi connectivity index (χ0) is 25.9. The van der Waals surface area contributed by atoms with Gasteiger partial charge in [0.05, 0.1) is 21.8 Å². The van der Waals surface area contributed by atoms with Crippen LogP contribution in [0.3, 0.4) is 0 Å². The number of rotatable bonds is 7. The van der Waals surface area contributed by atoms with Gasteiger partial charge in [0.25, 0.3) is 0 Å². The average Bonchev–Trinajstić information content (AvgIpc) is 2.84. The van der Waals surface area contributed by atoms with Crippen LogP contribution in [0.2, 0.25) is 5.02 Å². The molecular weight excluding hydrogens is 499 g/mol. The number of aromatic nitrogens is 1. The number of pyridine rings is 1. The van der Waals surface area contributed by atoms with Gasteiger partial charge in [-0.25, -0.2) is 8.78 Å². The summed E-state index contributed by atoms with van der Waals surface area (Å²) in [5, 5.41) is 13.3. The van der Waals surface area contributed by atoms with Crippen LogP contribution in [0.15, 0.2) is 85.1 Å². The van der Waals surface area contributed by atoms with E-state index >= 15 is 0 Å². The van der Waals surface area contributed by atoms with E-state index in [1.165, 1.54) is 18.3 Å². The summed E-state index contributed by atoms with van der Waals surface area (Å²) in [6.45, 7) is -0.0111. The quantitative estimate of drug-likeness (QED) is 0.259. The zero-order valence-corrected chi connectivity index (χ0v) is 19.4. The van der Waals surface area contributed by atoms with Crippen molar-refractivity contribution in [3.8, 4) is 5.75 Å². The molecule has 2 N–H and O–H groups in total. The molecule has 0 amide bonds. The lowest BCUT2D eigenvalue weighted by Crippen LogP contribution is -2.46. The molecule has 0 unspecified atom stereocenters. The Balaban J connectivity index is 1.92. The minimum Gasteiger partial charge on any atom is -0.505 e. The van der Waals surface area contributed by atoms with Gasteiger partial charge in [-0.2, -0.15) is 13.2 Å². The van der Waals surface area contributed by atoms with Crippen molar-refractivity contribution >= 4 is 11.6 Å². The van der Waals surface area contributed by atoms with Crippen LogP contribution < -0.4 is 5.32 Å². The van der Waals surface area contributed by atoms with Crippen LogP contribution in [0.1, 0.15) is 27.9 Å². The standard InChI is InChI=1S/C27H20ClF5N2O/c28-21-7-9-25(34-16-21)26(14-17-4-2-1-3-5-17,35-15-18-6-8-23(30)24(36)10-18)19-11-20(27(31,32)33)13-22(29)12-19/h1-13,16,35-36H,14-15H2/t26-/m0/s1. The SMILES string of the molecule is Oc1cc(CN[C@@](Cc2ccccc2)(c2cc(F)cc(C(F)(F)F)c2)c2ccc(Cl)cn2)ccc1F. The van der Waals surface area contributed by atoms with Gasteiger partial charge in [-0.3, -0.25) is 10.3 Å². The van der Waals surface area contributed by atoms with E-state index in [2.05, 4.69) is 10.3 Å². The molecule has 3 aromatic carbocycles. The van der Waals surface area contributed by atoms with Gasteiger partial charge in [0.1, 0.15) is 5.82 Å². The van der Waals surface area contributed by atoms with E-state index in [9.17, 15) is 27.1 Å². The Bertz CT molecular complexity index is 1350. The lowest BCUT2D eigenvalue weighted by molar-refractivity contribution is -0.137. The molecule has 1 atom stereocenters. The first-order valence-corrected chi connectivity index (χ1v) is 11.2. The van der Waals surface area contributed by atoms with Crippen molar-refractivity contribution in [3.05, 3.63) is 130 Å². The van der Waals surface area contributed by atoms with Crippen LogP contribution in [-0.2, 0) is 24.7 Å². The number of phenolic OH excluding ortho intramolecular Hbond substituents is 1. The lowest BCUT2D eigenvalue weighted by Gasteiger charge is -2.36. The molecule has 186 valence electrons. The first kappa shape index (κ1) is 25.6. The van der Waals surface area contributed by atoms with Gasteiger partial charge in [0.15, 0.2) is 11.6 Å². The topological polar surface area (TPSA) is 45.1 Å². The number of benzene rings is 3. The van der Waals surface area contributed by atoms with E-state index in [0.717, 1.165) is 23.8 Å². The highest BCUT2D eigenvalue weighted by Gasteiger charge is 2.39. The number of hydrogen-bond acceptors (Lipinski definition) is 3. The summed E-state index contributed by atoms with van der Waals surface area (Å²) in [6.07, 6.45) is -3.34. The molecule has 0 aliphatic carbocycles. The Kier molecular flexibility index (Phi) is 7.28. The van der Waals surface area contributed by atoms with E-state index in [1.54, 1.807) is 42.5 Å². The van der Waals surface area contributed by atoms with Gasteiger partial charge in [-0.15, -0.1) is 0 Å². The minimum absolute atomic E-state index is 0.0111. The first-order chi connectivity index (χ1) is 17.1. The van der Waals surface area contributed by atoms with Crippen molar-refractivity contribution in [1.82, 2.24) is 10.3 Å². The number of aromatic hydroxyl groups is 1. The van der Waals surface area contributed by atoms with Crippen LogP contribution in [0.25, 0.3) is 0 Å². The van der Waals surface area contributed by atoms with Crippen LogP contribution >= 0.6 is 11.6 Å². The van der Waals surface area contributed by atoms with Crippen molar-refractivity contribution in [3.63, 3.8) is 0 Å². The highest BCUT2D eigenvalue weighted by molar-refractivity contribution is 6.30. The van der Waals surface area contributed by atoms with Gasteiger partial charge < -0.3 is 5.11 Å². The van der Waals surface area contributed by atoms with Gasteiger partial charge in [0, 0.05) is 19.2 Å². The average molecular weight is 519 g/mol. The molecule has 0 saturated carbocycles. The normalized spacial score (nSPS) is 13.4. The van der Waals surface area contributed by atoms with Crippen molar-refractivity contribution < 1.29 is 27.1 Å². The number of halogens is 6. The van der Waals surface area contributed by atoms with E-state index in [1.807, 2.05) is 0 Å². The molecule has 0 bridgehead atoms. The fourth-order valence-corrected chi connectivity index (χ4v) is 4.16. The van der Waals surface area contributed by atoms with Gasteiger partial charge in [0.2, 0.25) is 0 Å². The molecule has 0 radical (unpaired) electrons. The Labute approximate surface area is 209 Å². The summed E-state index contributed by atoms with van der Waals surface area (Å²) >= 11 is 6.03. The molecule has 4 aromatic rings. The summed E-state index contributed by atoms with van der Waals surface area (Å²) in [5.41, 5.74) is -1.14. The van der Waals surface area contributed by atoms with Crippen molar-refractivity contribution in [2.75, 3.05) is 0 Å². The number of nitrogens with zero attached hydrogens (tertiary/aromatic N) is 1. The molecular formula is C27H20ClF5N2O. The Morgan fingerprint density at radius 2 is 1.56 bits per heavy atom. The Morgan fingerprint density at radius 1 is 0.833 bits per heavy atom. The lowest BCUT2D eigenvalue weighted by atomic mass is 9.79. The molecule has 0 aliphatic rings. The highest BCUT2D eigenvalue weighted by Crippen LogP contribution is 2.38. The predicted octanol–water partition coefficient (Wildman–Crippen LogP) is 7.01. The summed E-state index contributed by atoms with van der Waals surface area (Å²) in [6, 6.07) is 18.1. The maximum Gasteiger partial charge on any atom is 0.416 e. The van der Waals surface area contributed by atoms with Crippen molar-refractivity contribution in [2.45, 2.75) is 24.7 Å². The molecule has 9 heteroatoms. The highest BCUT2D eigenvalue weighted by atomic mass is 35.5. The largest absolute Gasteiger partial charge is 0.505 e. The van der Waals surface area contributed by atoms with Crippen LogP contribution in [0, 0.1) is 11.6 Å². The molecule has 4 rings (SSSR count). The monoisotopic (exact) mass is 518 g/mol. The molecule has 36 heavy (non-hydrogen) atoms. The molecule has 0 spiro atoms. The number of phenols is 1. The third kappa shape index (κ3) is 5.66. The second kappa shape index (κ2) is 10.2. The number of nitrogens with one attached hydrogen (secondary N) is 1. The van der Waals surface area contributed by atoms with Gasteiger partial charge in [-0.1, -0.05) is 48.0 Å². The first-order valence-electron chi connectivity index (χ1n) is 10.8. The minimum atomic E-state index is -4.79. The third-order valence-electron chi connectivity index (χ3n) is 5.80. The zero-order valence-electron chi connectivity index (χ0n) is 18.7. The van der Waals surface area contributed by atoms with E-state index in [-0.39, 0.29) is 18.5 Å². The fraction of sp³-hybridized carbons (Fsp3) is 0.148. The van der Waals surface area contributed by atoms with E-state index in [0.29, 0.717) is 22.3 Å². The smallest absolute Gasteiger partial charge is 0.416 e.